The van der Waals surface area contributed by atoms with Crippen molar-refractivity contribution in [1.29, 1.82) is 0 Å². The lowest BCUT2D eigenvalue weighted by molar-refractivity contribution is -0.117. The van der Waals surface area contributed by atoms with Gasteiger partial charge in [0.1, 0.15) is 5.82 Å². The van der Waals surface area contributed by atoms with Crippen molar-refractivity contribution in [3.63, 3.8) is 0 Å². The number of hydrogen-bond acceptors (Lipinski definition) is 2. The monoisotopic (exact) mass is 234 g/mol. The van der Waals surface area contributed by atoms with Gasteiger partial charge >= 0.3 is 0 Å². The molecule has 82 valence electrons. The van der Waals surface area contributed by atoms with Crippen molar-refractivity contribution in [2.45, 2.75) is 13.0 Å². The summed E-state index contributed by atoms with van der Waals surface area (Å²) in [5.74, 6) is -2.34. The average molecular weight is 235 g/mol. The maximum atomic E-state index is 13.2. The molecule has 1 atom stereocenters. The smallest absolute Gasteiger partial charge is 0.241 e. The number of nitrogens with two attached hydrogens (primary N) is 1. The van der Waals surface area contributed by atoms with Crippen molar-refractivity contribution in [2.75, 3.05) is 5.32 Å². The zero-order chi connectivity index (χ0) is 11.6. The Morgan fingerprint density at radius 2 is 2.13 bits per heavy atom. The van der Waals surface area contributed by atoms with Crippen LogP contribution in [-0.2, 0) is 4.79 Å². The number of benzene rings is 1. The number of carbonyl (C=O) groups is 1. The number of nitrogens with one attached hydrogen (secondary N) is 1. The fraction of sp³-hybridized carbons (Fsp3) is 0.222. The van der Waals surface area contributed by atoms with Crippen molar-refractivity contribution in [3.8, 4) is 0 Å². The van der Waals surface area contributed by atoms with Crippen LogP contribution in [-0.4, -0.2) is 11.9 Å². The molecule has 0 radical (unpaired) electrons. The van der Waals surface area contributed by atoms with Gasteiger partial charge in [-0.1, -0.05) is 11.6 Å². The molecule has 1 aromatic rings. The highest BCUT2D eigenvalue weighted by Crippen LogP contribution is 2.26. The summed E-state index contributed by atoms with van der Waals surface area (Å²) in [6.45, 7) is 1.44. The summed E-state index contributed by atoms with van der Waals surface area (Å²) < 4.78 is 25.8. The molecular weight excluding hydrogens is 226 g/mol. The molecule has 1 aromatic carbocycles. The molecule has 0 aliphatic rings. The van der Waals surface area contributed by atoms with Crippen LogP contribution < -0.4 is 11.1 Å². The van der Waals surface area contributed by atoms with Crippen LogP contribution in [0.15, 0.2) is 12.1 Å². The number of hydrogen-bond donors (Lipinski definition) is 2. The Morgan fingerprint density at radius 1 is 1.53 bits per heavy atom. The first-order valence-electron chi connectivity index (χ1n) is 4.13. The molecule has 0 saturated carbocycles. The Labute approximate surface area is 90.2 Å². The molecule has 6 heteroatoms. The van der Waals surface area contributed by atoms with Crippen LogP contribution in [0.1, 0.15) is 6.92 Å². The normalized spacial score (nSPS) is 12.3. The third kappa shape index (κ3) is 2.87. The minimum Gasteiger partial charge on any atom is -0.321 e. The molecule has 1 rings (SSSR count). The summed E-state index contributed by atoms with van der Waals surface area (Å²) >= 11 is 5.55. The number of rotatable bonds is 2. The van der Waals surface area contributed by atoms with E-state index < -0.39 is 23.6 Å². The summed E-state index contributed by atoms with van der Waals surface area (Å²) in [5.41, 5.74) is 5.00. The first-order valence-corrected chi connectivity index (χ1v) is 4.50. The molecule has 3 N–H and O–H groups in total. The molecule has 0 aliphatic carbocycles. The third-order valence-electron chi connectivity index (χ3n) is 1.67. The van der Waals surface area contributed by atoms with E-state index in [0.29, 0.717) is 6.07 Å². The van der Waals surface area contributed by atoms with E-state index in [1.165, 1.54) is 6.92 Å². The van der Waals surface area contributed by atoms with E-state index in [2.05, 4.69) is 5.32 Å². The maximum Gasteiger partial charge on any atom is 0.241 e. The zero-order valence-corrected chi connectivity index (χ0v) is 8.61. The maximum absolute atomic E-state index is 13.2. The van der Waals surface area contributed by atoms with E-state index in [4.69, 9.17) is 17.3 Å². The van der Waals surface area contributed by atoms with Crippen LogP contribution in [0.4, 0.5) is 14.5 Å². The van der Waals surface area contributed by atoms with Crippen molar-refractivity contribution >= 4 is 23.2 Å². The zero-order valence-electron chi connectivity index (χ0n) is 7.85. The van der Waals surface area contributed by atoms with E-state index in [9.17, 15) is 13.6 Å². The molecular formula is C9H9ClF2N2O. The number of carbonyl (C=O) groups excluding carboxylic acids is 1. The first kappa shape index (κ1) is 11.9. The molecule has 0 heterocycles. The summed E-state index contributed by atoms with van der Waals surface area (Å²) in [5, 5.41) is 1.96. The Hall–Kier alpha value is -1.20. The number of anilines is 1. The van der Waals surface area contributed by atoms with Crippen LogP contribution in [0.3, 0.4) is 0 Å². The molecule has 0 aromatic heterocycles. The van der Waals surface area contributed by atoms with Crippen molar-refractivity contribution in [1.82, 2.24) is 0 Å². The Balaban J connectivity index is 3.00. The topological polar surface area (TPSA) is 55.1 Å². The third-order valence-corrected chi connectivity index (χ3v) is 1.97. The highest BCUT2D eigenvalue weighted by atomic mass is 35.5. The summed E-state index contributed by atoms with van der Waals surface area (Å²) in [4.78, 5) is 11.1. The quantitative estimate of drug-likeness (QED) is 0.821. The van der Waals surface area contributed by atoms with Crippen molar-refractivity contribution in [2.24, 2.45) is 5.73 Å². The van der Waals surface area contributed by atoms with Crippen LogP contribution >= 0.6 is 11.6 Å². The molecule has 3 nitrogen and oxygen atoms in total. The van der Waals surface area contributed by atoms with E-state index in [0.717, 1.165) is 6.07 Å². The second-order valence-electron chi connectivity index (χ2n) is 3.02. The summed E-state index contributed by atoms with van der Waals surface area (Å²) in [6.07, 6.45) is 0. The SMILES string of the molecule is C[C@@H](N)C(=O)Nc1c(F)cc(F)cc1Cl. The van der Waals surface area contributed by atoms with Crippen LogP contribution in [0.5, 0.6) is 0 Å². The van der Waals surface area contributed by atoms with Gasteiger partial charge in [-0.3, -0.25) is 4.79 Å². The second-order valence-corrected chi connectivity index (χ2v) is 3.43. The van der Waals surface area contributed by atoms with Gasteiger partial charge in [-0.05, 0) is 13.0 Å². The fourth-order valence-corrected chi connectivity index (χ4v) is 1.14. The molecule has 15 heavy (non-hydrogen) atoms. The second kappa shape index (κ2) is 4.55. The van der Waals surface area contributed by atoms with E-state index in [-0.39, 0.29) is 10.7 Å². The van der Waals surface area contributed by atoms with Gasteiger partial charge in [-0.15, -0.1) is 0 Å². The lowest BCUT2D eigenvalue weighted by Gasteiger charge is -2.10. The molecule has 0 unspecified atom stereocenters. The predicted octanol–water partition coefficient (Wildman–Crippen LogP) is 1.90. The number of halogens is 3. The molecule has 0 fully saturated rings. The van der Waals surface area contributed by atoms with Gasteiger partial charge in [0.2, 0.25) is 5.91 Å². The lowest BCUT2D eigenvalue weighted by atomic mass is 10.2. The molecule has 0 aliphatic heterocycles. The Morgan fingerprint density at radius 3 is 2.60 bits per heavy atom. The van der Waals surface area contributed by atoms with Crippen LogP contribution in [0, 0.1) is 11.6 Å². The van der Waals surface area contributed by atoms with E-state index in [1.807, 2.05) is 0 Å². The number of amides is 1. The Kier molecular flexibility index (Phi) is 3.60. The van der Waals surface area contributed by atoms with Crippen LogP contribution in [0.25, 0.3) is 0 Å². The molecule has 0 spiro atoms. The van der Waals surface area contributed by atoms with Gasteiger partial charge in [0.25, 0.3) is 0 Å². The van der Waals surface area contributed by atoms with Crippen molar-refractivity contribution < 1.29 is 13.6 Å². The van der Waals surface area contributed by atoms with Crippen molar-refractivity contribution in [3.05, 3.63) is 28.8 Å². The minimum atomic E-state index is -0.936. The minimum absolute atomic E-state index is 0.207. The fourth-order valence-electron chi connectivity index (χ4n) is 0.899. The highest BCUT2D eigenvalue weighted by molar-refractivity contribution is 6.33. The van der Waals surface area contributed by atoms with Gasteiger partial charge in [-0.2, -0.15) is 0 Å². The Bertz CT molecular complexity index is 373. The van der Waals surface area contributed by atoms with Gasteiger partial charge in [-0.25, -0.2) is 8.78 Å². The standard InChI is InChI=1S/C9H9ClF2N2O/c1-4(13)9(15)14-8-6(10)2-5(11)3-7(8)12/h2-4H,13H2,1H3,(H,14,15)/t4-/m1/s1. The molecule has 0 bridgehead atoms. The summed E-state index contributed by atoms with van der Waals surface area (Å²) in [7, 11) is 0. The van der Waals surface area contributed by atoms with E-state index >= 15 is 0 Å². The van der Waals surface area contributed by atoms with E-state index in [1.54, 1.807) is 0 Å². The van der Waals surface area contributed by atoms with Gasteiger partial charge in [0.15, 0.2) is 5.82 Å². The highest BCUT2D eigenvalue weighted by Gasteiger charge is 2.14. The summed E-state index contributed by atoms with van der Waals surface area (Å²) in [6, 6.07) is 0.731. The van der Waals surface area contributed by atoms with Crippen LogP contribution in [0.2, 0.25) is 5.02 Å². The lowest BCUT2D eigenvalue weighted by Crippen LogP contribution is -2.32. The first-order chi connectivity index (χ1) is 6.91. The van der Waals surface area contributed by atoms with Gasteiger partial charge < -0.3 is 11.1 Å². The van der Waals surface area contributed by atoms with Gasteiger partial charge in [0.05, 0.1) is 16.8 Å². The average Bonchev–Trinajstić information content (AvgIpc) is 2.10. The molecule has 0 saturated heterocycles. The van der Waals surface area contributed by atoms with Gasteiger partial charge in [0, 0.05) is 6.07 Å². The molecule has 1 amide bonds. The largest absolute Gasteiger partial charge is 0.321 e. The predicted molar refractivity (Wildman–Crippen MR) is 53.6 cm³/mol.